The second kappa shape index (κ2) is 8.38. The molecule has 2 aromatic rings. The zero-order chi connectivity index (χ0) is 19.3. The van der Waals surface area contributed by atoms with Gasteiger partial charge < -0.3 is 19.9 Å². The van der Waals surface area contributed by atoms with E-state index in [0.29, 0.717) is 11.5 Å². The third-order valence-corrected chi connectivity index (χ3v) is 3.81. The number of nitrogens with two attached hydrogens (primary N) is 1. The van der Waals surface area contributed by atoms with E-state index in [0.717, 1.165) is 11.1 Å². The van der Waals surface area contributed by atoms with Crippen LogP contribution in [0, 0.1) is 6.92 Å². The molecule has 0 aromatic heterocycles. The van der Waals surface area contributed by atoms with Gasteiger partial charge in [0.1, 0.15) is 17.2 Å². The van der Waals surface area contributed by atoms with Crippen molar-refractivity contribution < 1.29 is 23.8 Å². The van der Waals surface area contributed by atoms with Crippen molar-refractivity contribution in [3.63, 3.8) is 0 Å². The second-order valence-corrected chi connectivity index (χ2v) is 6.19. The van der Waals surface area contributed by atoms with Crippen molar-refractivity contribution in [2.75, 3.05) is 13.7 Å². The Morgan fingerprint density at radius 3 is 2.42 bits per heavy atom. The molecule has 0 atom stereocenters. The van der Waals surface area contributed by atoms with Crippen LogP contribution in [0.5, 0.6) is 17.2 Å². The number of hydrogen-bond acceptors (Lipinski definition) is 5. The summed E-state index contributed by atoms with van der Waals surface area (Å²) in [5.41, 5.74) is 7.44. The number of methoxy groups -OCH3 is 1. The maximum atomic E-state index is 12.2. The molecule has 138 valence electrons. The molecule has 6 nitrogen and oxygen atoms in total. The Labute approximate surface area is 152 Å². The highest BCUT2D eigenvalue weighted by atomic mass is 16.6. The summed E-state index contributed by atoms with van der Waals surface area (Å²) in [7, 11) is 1.47. The maximum absolute atomic E-state index is 12.2. The number of carbonyl (C=O) groups is 2. The molecule has 1 amide bonds. The van der Waals surface area contributed by atoms with Crippen LogP contribution in [0.4, 0.5) is 0 Å². The molecule has 0 aliphatic carbocycles. The number of benzene rings is 2. The summed E-state index contributed by atoms with van der Waals surface area (Å²) in [6, 6.07) is 10.3. The quantitative estimate of drug-likeness (QED) is 0.607. The van der Waals surface area contributed by atoms with E-state index in [1.165, 1.54) is 19.2 Å². The number of esters is 1. The molecule has 0 radical (unpaired) electrons. The van der Waals surface area contributed by atoms with Gasteiger partial charge in [0, 0.05) is 6.07 Å². The predicted molar refractivity (Wildman–Crippen MR) is 97.9 cm³/mol. The highest BCUT2D eigenvalue weighted by Crippen LogP contribution is 2.28. The molecule has 0 bridgehead atoms. The molecule has 0 aliphatic heterocycles. The Bertz CT molecular complexity index is 814. The SMILES string of the molecule is COc1ccc(C(N)=O)c(OC(=O)COc2cc(C)ccc2C(C)C)c1. The summed E-state index contributed by atoms with van der Waals surface area (Å²) in [5, 5.41) is 0. The molecule has 6 heteroatoms. The Hall–Kier alpha value is -3.02. The lowest BCUT2D eigenvalue weighted by Gasteiger charge is -2.15. The molecule has 0 spiro atoms. The first-order chi connectivity index (χ1) is 12.3. The monoisotopic (exact) mass is 357 g/mol. The molecular formula is C20H23NO5. The highest BCUT2D eigenvalue weighted by molar-refractivity contribution is 5.96. The first kappa shape index (κ1) is 19.3. The van der Waals surface area contributed by atoms with E-state index < -0.39 is 11.9 Å². The van der Waals surface area contributed by atoms with Crippen molar-refractivity contribution in [1.82, 2.24) is 0 Å². The number of amides is 1. The smallest absolute Gasteiger partial charge is 0.349 e. The van der Waals surface area contributed by atoms with Crippen LogP contribution < -0.4 is 19.9 Å². The second-order valence-electron chi connectivity index (χ2n) is 6.19. The molecule has 0 heterocycles. The van der Waals surface area contributed by atoms with Crippen molar-refractivity contribution in [3.05, 3.63) is 53.1 Å². The fourth-order valence-electron chi connectivity index (χ4n) is 2.45. The number of primary amides is 1. The van der Waals surface area contributed by atoms with Gasteiger partial charge in [-0.1, -0.05) is 26.0 Å². The largest absolute Gasteiger partial charge is 0.497 e. The fraction of sp³-hybridized carbons (Fsp3) is 0.300. The summed E-state index contributed by atoms with van der Waals surface area (Å²) >= 11 is 0. The fourth-order valence-corrected chi connectivity index (χ4v) is 2.45. The summed E-state index contributed by atoms with van der Waals surface area (Å²) < 4.78 is 16.0. The number of ether oxygens (including phenoxy) is 3. The normalized spacial score (nSPS) is 10.5. The molecule has 0 saturated heterocycles. The van der Waals surface area contributed by atoms with Crippen LogP contribution in [0.1, 0.15) is 41.3 Å². The molecule has 0 fully saturated rings. The van der Waals surface area contributed by atoms with Crippen LogP contribution in [0.25, 0.3) is 0 Å². The highest BCUT2D eigenvalue weighted by Gasteiger charge is 2.16. The van der Waals surface area contributed by atoms with Crippen molar-refractivity contribution in [3.8, 4) is 17.2 Å². The molecule has 2 rings (SSSR count). The molecule has 2 N–H and O–H groups in total. The molecule has 2 aromatic carbocycles. The summed E-state index contributed by atoms with van der Waals surface area (Å²) in [6.45, 7) is 5.75. The third kappa shape index (κ3) is 4.75. The maximum Gasteiger partial charge on any atom is 0.349 e. The van der Waals surface area contributed by atoms with Crippen molar-refractivity contribution >= 4 is 11.9 Å². The van der Waals surface area contributed by atoms with Crippen molar-refractivity contribution in [2.24, 2.45) is 5.73 Å². The Balaban J connectivity index is 2.13. The van der Waals surface area contributed by atoms with Gasteiger partial charge in [0.05, 0.1) is 12.7 Å². The van der Waals surface area contributed by atoms with E-state index in [1.807, 2.05) is 39.0 Å². The minimum Gasteiger partial charge on any atom is -0.497 e. The van der Waals surface area contributed by atoms with Gasteiger partial charge in [0.2, 0.25) is 0 Å². The van der Waals surface area contributed by atoms with Gasteiger partial charge in [0.15, 0.2) is 6.61 Å². The van der Waals surface area contributed by atoms with E-state index in [4.69, 9.17) is 19.9 Å². The standard InChI is InChI=1S/C20H23NO5/c1-12(2)15-7-5-13(3)9-17(15)25-11-19(22)26-18-10-14(24-4)6-8-16(18)20(21)23/h5-10,12H,11H2,1-4H3,(H2,21,23). The first-order valence-corrected chi connectivity index (χ1v) is 8.23. The van der Waals surface area contributed by atoms with Gasteiger partial charge in [-0.05, 0) is 42.2 Å². The van der Waals surface area contributed by atoms with Crippen LogP contribution >= 0.6 is 0 Å². The zero-order valence-electron chi connectivity index (χ0n) is 15.4. The topological polar surface area (TPSA) is 87.9 Å². The van der Waals surface area contributed by atoms with Crippen LogP contribution in [-0.4, -0.2) is 25.6 Å². The first-order valence-electron chi connectivity index (χ1n) is 8.23. The Morgan fingerprint density at radius 1 is 1.08 bits per heavy atom. The van der Waals surface area contributed by atoms with E-state index in [9.17, 15) is 9.59 Å². The number of carbonyl (C=O) groups excluding carboxylic acids is 2. The molecule has 0 unspecified atom stereocenters. The summed E-state index contributed by atoms with van der Waals surface area (Å²) in [4.78, 5) is 23.7. The average molecular weight is 357 g/mol. The molecule has 0 saturated carbocycles. The lowest BCUT2D eigenvalue weighted by Crippen LogP contribution is -2.21. The van der Waals surface area contributed by atoms with Crippen LogP contribution in [0.3, 0.4) is 0 Å². The van der Waals surface area contributed by atoms with E-state index >= 15 is 0 Å². The summed E-state index contributed by atoms with van der Waals surface area (Å²) in [5.74, 6) is 0.0339. The van der Waals surface area contributed by atoms with E-state index in [2.05, 4.69) is 0 Å². The minimum atomic E-state index is -0.697. The van der Waals surface area contributed by atoms with Crippen LogP contribution in [-0.2, 0) is 4.79 Å². The third-order valence-electron chi connectivity index (χ3n) is 3.81. The lowest BCUT2D eigenvalue weighted by molar-refractivity contribution is -0.136. The number of hydrogen-bond donors (Lipinski definition) is 1. The van der Waals surface area contributed by atoms with Crippen LogP contribution in [0.15, 0.2) is 36.4 Å². The van der Waals surface area contributed by atoms with Gasteiger partial charge >= 0.3 is 5.97 Å². The van der Waals surface area contributed by atoms with Gasteiger partial charge in [0.25, 0.3) is 5.91 Å². The van der Waals surface area contributed by atoms with Crippen LogP contribution in [0.2, 0.25) is 0 Å². The minimum absolute atomic E-state index is 0.0405. The van der Waals surface area contributed by atoms with Gasteiger partial charge in [-0.15, -0.1) is 0 Å². The van der Waals surface area contributed by atoms with E-state index in [-0.39, 0.29) is 23.8 Å². The number of aryl methyl sites for hydroxylation is 1. The van der Waals surface area contributed by atoms with Gasteiger partial charge in [-0.3, -0.25) is 4.79 Å². The van der Waals surface area contributed by atoms with Gasteiger partial charge in [-0.25, -0.2) is 4.79 Å². The number of rotatable bonds is 7. The zero-order valence-corrected chi connectivity index (χ0v) is 15.4. The Kier molecular flexibility index (Phi) is 6.22. The van der Waals surface area contributed by atoms with Crippen molar-refractivity contribution in [2.45, 2.75) is 26.7 Å². The van der Waals surface area contributed by atoms with Crippen molar-refractivity contribution in [1.29, 1.82) is 0 Å². The average Bonchev–Trinajstić information content (AvgIpc) is 2.59. The molecule has 26 heavy (non-hydrogen) atoms. The Morgan fingerprint density at radius 2 is 1.81 bits per heavy atom. The molecular weight excluding hydrogens is 334 g/mol. The predicted octanol–water partition coefficient (Wildman–Crippen LogP) is 3.21. The lowest BCUT2D eigenvalue weighted by atomic mass is 10.0. The molecule has 0 aliphatic rings. The van der Waals surface area contributed by atoms with Gasteiger partial charge in [-0.2, -0.15) is 0 Å². The summed E-state index contributed by atoms with van der Waals surface area (Å²) in [6.07, 6.45) is 0. The van der Waals surface area contributed by atoms with E-state index in [1.54, 1.807) is 6.07 Å².